The van der Waals surface area contributed by atoms with Crippen molar-refractivity contribution in [1.82, 2.24) is 19.9 Å². The number of aromatic nitrogens is 4. The predicted octanol–water partition coefficient (Wildman–Crippen LogP) is 3.17. The lowest BCUT2D eigenvalue weighted by Crippen LogP contribution is -2.36. The minimum Gasteiger partial charge on any atom is -0.378 e. The summed E-state index contributed by atoms with van der Waals surface area (Å²) in [5.74, 6) is 0. The molecule has 3 aromatic heterocycles. The Morgan fingerprint density at radius 1 is 1.17 bits per heavy atom. The Morgan fingerprint density at radius 2 is 2.03 bits per heavy atom. The van der Waals surface area contributed by atoms with Crippen molar-refractivity contribution >= 4 is 27.9 Å². The Bertz CT molecular complexity index is 1130. The second-order valence-corrected chi connectivity index (χ2v) is 8.13. The van der Waals surface area contributed by atoms with Crippen molar-refractivity contribution in [1.29, 1.82) is 0 Å². The van der Waals surface area contributed by atoms with Gasteiger partial charge in [-0.15, -0.1) is 11.3 Å². The Kier molecular flexibility index (Phi) is 4.54. The number of morpholine rings is 1. The van der Waals surface area contributed by atoms with E-state index in [-0.39, 0.29) is 0 Å². The van der Waals surface area contributed by atoms with E-state index >= 15 is 0 Å². The second-order valence-electron chi connectivity index (χ2n) is 7.23. The van der Waals surface area contributed by atoms with Crippen LogP contribution in [0, 0.1) is 0 Å². The smallest absolute Gasteiger partial charge is 0.153 e. The number of nitrogens with one attached hydrogen (secondary N) is 1. The summed E-state index contributed by atoms with van der Waals surface area (Å²) in [6.45, 7) is 5.01. The molecule has 1 aromatic carbocycles. The summed E-state index contributed by atoms with van der Waals surface area (Å²) in [6, 6.07) is 8.21. The van der Waals surface area contributed by atoms with E-state index in [1.807, 2.05) is 17.6 Å². The molecule has 0 bridgehead atoms. The summed E-state index contributed by atoms with van der Waals surface area (Å²) in [7, 11) is 0. The summed E-state index contributed by atoms with van der Waals surface area (Å²) >= 11 is 1.43. The maximum Gasteiger partial charge on any atom is 0.153 e. The van der Waals surface area contributed by atoms with Crippen molar-refractivity contribution in [3.63, 3.8) is 0 Å². The van der Waals surface area contributed by atoms with Crippen LogP contribution in [-0.4, -0.2) is 51.3 Å². The highest BCUT2D eigenvalue weighted by Crippen LogP contribution is 2.34. The molecule has 0 aliphatic carbocycles. The molecule has 0 saturated carbocycles. The lowest BCUT2D eigenvalue weighted by atomic mass is 10.0. The Morgan fingerprint density at radius 3 is 2.83 bits per heavy atom. The lowest BCUT2D eigenvalue weighted by molar-refractivity contribution is 0.0976. The van der Waals surface area contributed by atoms with Crippen LogP contribution >= 0.6 is 11.3 Å². The van der Waals surface area contributed by atoms with Crippen molar-refractivity contribution in [2.24, 2.45) is 0 Å². The zero-order valence-electron chi connectivity index (χ0n) is 16.0. The highest BCUT2D eigenvalue weighted by atomic mass is 32.1. The van der Waals surface area contributed by atoms with Crippen LogP contribution in [0.3, 0.4) is 0 Å². The molecule has 148 valence electrons. The number of nitrogens with zero attached hydrogens (tertiary/aromatic N) is 4. The number of hydrogen-bond donors (Lipinski definition) is 2. The molecular formula is C21H21N5O2S. The molecule has 7 nitrogen and oxygen atoms in total. The lowest BCUT2D eigenvalue weighted by Gasteiger charge is -2.29. The molecule has 0 radical (unpaired) electrons. The number of rotatable bonds is 4. The summed E-state index contributed by atoms with van der Waals surface area (Å²) in [5, 5.41) is 14.4. The number of ether oxygens (including phenoxy) is 1. The fraction of sp³-hybridized carbons (Fsp3) is 0.286. The van der Waals surface area contributed by atoms with Gasteiger partial charge in [0.1, 0.15) is 11.3 Å². The van der Waals surface area contributed by atoms with Gasteiger partial charge >= 0.3 is 0 Å². The third-order valence-corrected chi connectivity index (χ3v) is 6.31. The van der Waals surface area contributed by atoms with Gasteiger partial charge in [-0.1, -0.05) is 0 Å². The first kappa shape index (κ1) is 18.2. The van der Waals surface area contributed by atoms with Crippen LogP contribution in [0.2, 0.25) is 0 Å². The quantitative estimate of drug-likeness (QED) is 0.540. The number of hydrogen-bond acceptors (Lipinski definition) is 7. The highest BCUT2D eigenvalue weighted by molar-refractivity contribution is 7.09. The number of H-pyrrole nitrogens is 1. The molecule has 5 rings (SSSR count). The standard InChI is InChI=1S/C21H21N5O2S/c1-21(27,20-22-4-9-29-20)18-10-14(12-23-18)19-16-3-2-15(11-17(16)24-13-25-19)26-5-7-28-8-6-26/h2-4,9-13,23,27H,5-8H2,1H3. The van der Waals surface area contributed by atoms with Crippen LogP contribution in [-0.2, 0) is 10.3 Å². The van der Waals surface area contributed by atoms with Crippen molar-refractivity contribution in [3.05, 3.63) is 59.1 Å². The van der Waals surface area contributed by atoms with E-state index in [9.17, 15) is 5.11 Å². The molecule has 1 unspecified atom stereocenters. The summed E-state index contributed by atoms with van der Waals surface area (Å²) in [4.78, 5) is 18.8. The normalized spacial score (nSPS) is 16.8. The molecular weight excluding hydrogens is 386 g/mol. The molecule has 2 N–H and O–H groups in total. The van der Waals surface area contributed by atoms with Gasteiger partial charge in [-0.25, -0.2) is 15.0 Å². The average Bonchev–Trinajstić information content (AvgIpc) is 3.46. The van der Waals surface area contributed by atoms with Gasteiger partial charge in [0.25, 0.3) is 0 Å². The van der Waals surface area contributed by atoms with Gasteiger partial charge in [-0.2, -0.15) is 0 Å². The Hall–Kier alpha value is -2.81. The van der Waals surface area contributed by atoms with E-state index in [1.165, 1.54) is 11.3 Å². The van der Waals surface area contributed by atoms with Gasteiger partial charge in [-0.3, -0.25) is 0 Å². The maximum atomic E-state index is 11.0. The van der Waals surface area contributed by atoms with Crippen LogP contribution in [0.25, 0.3) is 22.2 Å². The van der Waals surface area contributed by atoms with Crippen molar-refractivity contribution in [2.45, 2.75) is 12.5 Å². The first-order valence-electron chi connectivity index (χ1n) is 9.52. The van der Waals surface area contributed by atoms with Gasteiger partial charge in [0.05, 0.1) is 30.1 Å². The first-order valence-corrected chi connectivity index (χ1v) is 10.4. The Labute approximate surface area is 172 Å². The molecule has 1 aliphatic heterocycles. The third kappa shape index (κ3) is 3.29. The van der Waals surface area contributed by atoms with Crippen LogP contribution in [0.4, 0.5) is 5.69 Å². The van der Waals surface area contributed by atoms with Crippen molar-refractivity contribution in [3.8, 4) is 11.3 Å². The van der Waals surface area contributed by atoms with Gasteiger partial charge in [-0.05, 0) is 31.2 Å². The monoisotopic (exact) mass is 407 g/mol. The zero-order chi connectivity index (χ0) is 19.8. The summed E-state index contributed by atoms with van der Waals surface area (Å²) in [6.07, 6.45) is 5.16. The number of aromatic amines is 1. The summed E-state index contributed by atoms with van der Waals surface area (Å²) < 4.78 is 5.45. The second kappa shape index (κ2) is 7.22. The van der Waals surface area contributed by atoms with Crippen LogP contribution in [0.15, 0.2) is 48.4 Å². The Balaban J connectivity index is 1.51. The fourth-order valence-electron chi connectivity index (χ4n) is 3.68. The highest BCUT2D eigenvalue weighted by Gasteiger charge is 2.30. The van der Waals surface area contributed by atoms with Crippen LogP contribution < -0.4 is 4.90 Å². The number of benzene rings is 1. The van der Waals surface area contributed by atoms with E-state index in [0.29, 0.717) is 10.7 Å². The van der Waals surface area contributed by atoms with E-state index in [4.69, 9.17) is 4.74 Å². The molecule has 8 heteroatoms. The van der Waals surface area contributed by atoms with E-state index < -0.39 is 5.60 Å². The van der Waals surface area contributed by atoms with Crippen molar-refractivity contribution in [2.75, 3.05) is 31.2 Å². The average molecular weight is 407 g/mol. The van der Waals surface area contributed by atoms with Crippen LogP contribution in [0.1, 0.15) is 17.6 Å². The topological polar surface area (TPSA) is 87.2 Å². The van der Waals surface area contributed by atoms with Crippen LogP contribution in [0.5, 0.6) is 0 Å². The third-order valence-electron chi connectivity index (χ3n) is 5.33. The number of anilines is 1. The molecule has 4 heterocycles. The molecule has 1 saturated heterocycles. The molecule has 1 atom stereocenters. The fourth-order valence-corrected chi connectivity index (χ4v) is 4.40. The van der Waals surface area contributed by atoms with E-state index in [0.717, 1.165) is 54.2 Å². The van der Waals surface area contributed by atoms with Gasteiger partial charge in [0.2, 0.25) is 0 Å². The van der Waals surface area contributed by atoms with E-state index in [1.54, 1.807) is 19.4 Å². The van der Waals surface area contributed by atoms with E-state index in [2.05, 4.69) is 43.0 Å². The number of aliphatic hydroxyl groups is 1. The predicted molar refractivity (Wildman–Crippen MR) is 113 cm³/mol. The SMILES string of the molecule is CC(O)(c1cc(-c2ncnc3cc(N4CCOCC4)ccc23)c[nH]1)c1nccs1. The zero-order valence-corrected chi connectivity index (χ0v) is 16.8. The van der Waals surface area contributed by atoms with Crippen molar-refractivity contribution < 1.29 is 9.84 Å². The molecule has 29 heavy (non-hydrogen) atoms. The minimum absolute atomic E-state index is 0.647. The molecule has 1 fully saturated rings. The maximum absolute atomic E-state index is 11.0. The number of thiazole rings is 1. The number of fused-ring (bicyclic) bond motifs is 1. The minimum atomic E-state index is -1.18. The molecule has 1 aliphatic rings. The van der Waals surface area contributed by atoms with Gasteiger partial charge < -0.3 is 19.7 Å². The molecule has 0 amide bonds. The largest absolute Gasteiger partial charge is 0.378 e. The van der Waals surface area contributed by atoms with Gasteiger partial charge in [0, 0.05) is 47.5 Å². The molecule has 4 aromatic rings. The first-order chi connectivity index (χ1) is 14.1. The van der Waals surface area contributed by atoms with Gasteiger partial charge in [0.15, 0.2) is 5.60 Å². The molecule has 0 spiro atoms. The summed E-state index contributed by atoms with van der Waals surface area (Å²) in [5.41, 5.74) is 3.28.